The van der Waals surface area contributed by atoms with Gasteiger partial charge in [0.15, 0.2) is 6.61 Å². The molecule has 2 aromatic carbocycles. The van der Waals surface area contributed by atoms with Gasteiger partial charge in [0.2, 0.25) is 0 Å². The zero-order chi connectivity index (χ0) is 22.9. The summed E-state index contributed by atoms with van der Waals surface area (Å²) in [5, 5.41) is 8.72. The van der Waals surface area contributed by atoms with Crippen molar-refractivity contribution in [2.75, 3.05) is 32.2 Å². The Kier molecular flexibility index (Phi) is 9.51. The van der Waals surface area contributed by atoms with Crippen LogP contribution in [0.4, 0.5) is 13.2 Å². The molecule has 0 saturated carbocycles. The number of aryl methyl sites for hydroxylation is 1. The number of ether oxygens (including phenoxy) is 3. The number of aliphatic carboxylic acids is 1. The van der Waals surface area contributed by atoms with E-state index < -0.39 is 24.3 Å². The summed E-state index contributed by atoms with van der Waals surface area (Å²) in [6.45, 7) is 4.65. The molecule has 0 amide bonds. The molecule has 1 atom stereocenters. The third kappa shape index (κ3) is 8.70. The fourth-order valence-electron chi connectivity index (χ4n) is 2.61. The normalized spacial score (nSPS) is 12.4. The van der Waals surface area contributed by atoms with Crippen molar-refractivity contribution in [3.63, 3.8) is 0 Å². The van der Waals surface area contributed by atoms with Gasteiger partial charge in [-0.1, -0.05) is 0 Å². The van der Waals surface area contributed by atoms with Gasteiger partial charge in [-0.25, -0.2) is 4.79 Å². The first-order valence-electron chi connectivity index (χ1n) is 9.65. The third-order valence-corrected chi connectivity index (χ3v) is 5.43. The predicted molar refractivity (Wildman–Crippen MR) is 112 cm³/mol. The molecule has 1 N–H and O–H groups in total. The van der Waals surface area contributed by atoms with E-state index in [-0.39, 0.29) is 5.92 Å². The van der Waals surface area contributed by atoms with Crippen molar-refractivity contribution >= 4 is 17.7 Å². The standard InChI is InChI=1S/C22H25F3O5S/c1-3-28-11-16(12-29-18-6-4-17(5-7-18)22(23,24)25)14-31-19-8-9-20(15(2)10-19)30-13-21(26)27/h4-10,16H,3,11-14H2,1-2H3,(H,26,27). The number of hydrogen-bond donors (Lipinski definition) is 1. The Hall–Kier alpha value is -2.39. The number of alkyl halides is 3. The Morgan fingerprint density at radius 3 is 2.39 bits per heavy atom. The molecule has 1 unspecified atom stereocenters. The van der Waals surface area contributed by atoms with Crippen molar-refractivity contribution in [1.29, 1.82) is 0 Å². The highest BCUT2D eigenvalue weighted by Crippen LogP contribution is 2.31. The molecular formula is C22H25F3O5S. The lowest BCUT2D eigenvalue weighted by molar-refractivity contribution is -0.139. The summed E-state index contributed by atoms with van der Waals surface area (Å²) in [6.07, 6.45) is -4.38. The maximum absolute atomic E-state index is 12.7. The SMILES string of the molecule is CCOCC(COc1ccc(C(F)(F)F)cc1)CSc1ccc(OCC(=O)O)c(C)c1. The average Bonchev–Trinajstić information content (AvgIpc) is 2.72. The monoisotopic (exact) mass is 458 g/mol. The number of hydrogen-bond acceptors (Lipinski definition) is 5. The first-order chi connectivity index (χ1) is 14.7. The van der Waals surface area contributed by atoms with E-state index in [4.69, 9.17) is 19.3 Å². The molecule has 0 fully saturated rings. The molecule has 0 aliphatic rings. The van der Waals surface area contributed by atoms with Crippen LogP contribution in [0.15, 0.2) is 47.4 Å². The minimum Gasteiger partial charge on any atom is -0.493 e. The van der Waals surface area contributed by atoms with Crippen LogP contribution in [0.3, 0.4) is 0 Å². The van der Waals surface area contributed by atoms with Crippen molar-refractivity contribution in [2.45, 2.75) is 24.9 Å². The summed E-state index contributed by atoms with van der Waals surface area (Å²) in [7, 11) is 0. The smallest absolute Gasteiger partial charge is 0.416 e. The minimum atomic E-state index is -4.38. The van der Waals surface area contributed by atoms with Gasteiger partial charge in [-0.05, 0) is 61.9 Å². The van der Waals surface area contributed by atoms with Crippen molar-refractivity contribution < 1.29 is 37.3 Å². The number of benzene rings is 2. The summed E-state index contributed by atoms with van der Waals surface area (Å²) in [5.41, 5.74) is 0.112. The lowest BCUT2D eigenvalue weighted by atomic mass is 10.2. The molecule has 0 aliphatic heterocycles. The topological polar surface area (TPSA) is 65.0 Å². The highest BCUT2D eigenvalue weighted by atomic mass is 32.2. The number of thioether (sulfide) groups is 1. The van der Waals surface area contributed by atoms with E-state index in [1.54, 1.807) is 17.8 Å². The summed E-state index contributed by atoms with van der Waals surface area (Å²) < 4.78 is 54.4. The molecule has 0 radical (unpaired) electrons. The molecule has 2 aromatic rings. The van der Waals surface area contributed by atoms with Crippen LogP contribution in [0.1, 0.15) is 18.1 Å². The summed E-state index contributed by atoms with van der Waals surface area (Å²) in [5.74, 6) is 0.550. The van der Waals surface area contributed by atoms with Crippen LogP contribution in [0.25, 0.3) is 0 Å². The van der Waals surface area contributed by atoms with Crippen LogP contribution in [-0.2, 0) is 15.7 Å². The van der Waals surface area contributed by atoms with Crippen LogP contribution < -0.4 is 9.47 Å². The van der Waals surface area contributed by atoms with Crippen LogP contribution in [0.5, 0.6) is 11.5 Å². The molecule has 0 aromatic heterocycles. The van der Waals surface area contributed by atoms with Gasteiger partial charge >= 0.3 is 12.1 Å². The Labute approximate surface area is 183 Å². The van der Waals surface area contributed by atoms with Crippen molar-refractivity contribution in [2.24, 2.45) is 5.92 Å². The number of halogens is 3. The van der Waals surface area contributed by atoms with E-state index in [9.17, 15) is 18.0 Å². The second kappa shape index (κ2) is 11.9. The summed E-state index contributed by atoms with van der Waals surface area (Å²) in [6, 6.07) is 10.1. The van der Waals surface area contributed by atoms with E-state index in [1.807, 2.05) is 26.0 Å². The highest BCUT2D eigenvalue weighted by molar-refractivity contribution is 7.99. The molecule has 0 aliphatic carbocycles. The lowest BCUT2D eigenvalue weighted by Gasteiger charge is -2.18. The number of rotatable bonds is 12. The van der Waals surface area contributed by atoms with Gasteiger partial charge in [0.05, 0.1) is 18.8 Å². The molecule has 0 bridgehead atoms. The zero-order valence-corrected chi connectivity index (χ0v) is 18.1. The van der Waals surface area contributed by atoms with Gasteiger partial charge in [0, 0.05) is 23.2 Å². The summed E-state index contributed by atoms with van der Waals surface area (Å²) in [4.78, 5) is 11.6. The molecule has 0 heterocycles. The highest BCUT2D eigenvalue weighted by Gasteiger charge is 2.30. The lowest BCUT2D eigenvalue weighted by Crippen LogP contribution is -2.20. The third-order valence-electron chi connectivity index (χ3n) is 4.21. The van der Waals surface area contributed by atoms with Gasteiger partial charge in [-0.2, -0.15) is 13.2 Å². The Balaban J connectivity index is 1.92. The van der Waals surface area contributed by atoms with Crippen molar-refractivity contribution in [1.82, 2.24) is 0 Å². The van der Waals surface area contributed by atoms with Crippen molar-refractivity contribution in [3.05, 3.63) is 53.6 Å². The Morgan fingerprint density at radius 1 is 1.10 bits per heavy atom. The molecular weight excluding hydrogens is 433 g/mol. The minimum absolute atomic E-state index is 0.0236. The number of carboxylic acids is 1. The van der Waals surface area contributed by atoms with Gasteiger partial charge in [0.25, 0.3) is 0 Å². The predicted octanol–water partition coefficient (Wildman–Crippen LogP) is 5.30. The molecule has 31 heavy (non-hydrogen) atoms. The molecule has 2 rings (SSSR count). The Morgan fingerprint density at radius 2 is 1.81 bits per heavy atom. The van der Waals surface area contributed by atoms with E-state index in [1.165, 1.54) is 12.1 Å². The maximum Gasteiger partial charge on any atom is 0.416 e. The van der Waals surface area contributed by atoms with Crippen molar-refractivity contribution in [3.8, 4) is 11.5 Å². The van der Waals surface area contributed by atoms with E-state index in [0.29, 0.717) is 37.1 Å². The van der Waals surface area contributed by atoms with E-state index in [0.717, 1.165) is 22.6 Å². The molecule has 0 spiro atoms. The number of carboxylic acid groups (broad SMARTS) is 1. The van der Waals surface area contributed by atoms with Crippen LogP contribution >= 0.6 is 11.8 Å². The van der Waals surface area contributed by atoms with Gasteiger partial charge in [-0.15, -0.1) is 11.8 Å². The second-order valence-corrected chi connectivity index (χ2v) is 7.87. The zero-order valence-electron chi connectivity index (χ0n) is 17.3. The van der Waals surface area contributed by atoms with Gasteiger partial charge < -0.3 is 19.3 Å². The van der Waals surface area contributed by atoms with Gasteiger partial charge in [-0.3, -0.25) is 0 Å². The summed E-state index contributed by atoms with van der Waals surface area (Å²) >= 11 is 1.59. The molecule has 9 heteroatoms. The fraction of sp³-hybridized carbons (Fsp3) is 0.409. The second-order valence-electron chi connectivity index (χ2n) is 6.78. The Bertz CT molecular complexity index is 840. The average molecular weight is 458 g/mol. The van der Waals surface area contributed by atoms with E-state index in [2.05, 4.69) is 0 Å². The van der Waals surface area contributed by atoms with Gasteiger partial charge in [0.1, 0.15) is 11.5 Å². The molecule has 0 saturated heterocycles. The quantitative estimate of drug-likeness (QED) is 0.436. The van der Waals surface area contributed by atoms with Crippen LogP contribution in [-0.4, -0.2) is 43.3 Å². The van der Waals surface area contributed by atoms with Crippen LogP contribution in [0.2, 0.25) is 0 Å². The largest absolute Gasteiger partial charge is 0.493 e. The van der Waals surface area contributed by atoms with E-state index >= 15 is 0 Å². The molecule has 170 valence electrons. The number of carbonyl (C=O) groups is 1. The van der Waals surface area contributed by atoms with Crippen LogP contribution in [0, 0.1) is 12.8 Å². The fourth-order valence-corrected chi connectivity index (χ4v) is 3.66. The molecule has 5 nitrogen and oxygen atoms in total. The first kappa shape index (κ1) is 24.9. The maximum atomic E-state index is 12.7. The first-order valence-corrected chi connectivity index (χ1v) is 10.6.